The number of aromatic nitrogens is 1. The zero-order chi connectivity index (χ0) is 15.2. The zero-order valence-corrected chi connectivity index (χ0v) is 11.9. The van der Waals surface area contributed by atoms with Crippen LogP contribution in [0.5, 0.6) is 0 Å². The van der Waals surface area contributed by atoms with Crippen molar-refractivity contribution in [2.75, 3.05) is 0 Å². The number of benzene rings is 1. The van der Waals surface area contributed by atoms with Crippen molar-refractivity contribution in [3.63, 3.8) is 0 Å². The molecule has 106 valence electrons. The molecule has 0 saturated heterocycles. The van der Waals surface area contributed by atoms with E-state index in [1.54, 1.807) is 30.5 Å². The van der Waals surface area contributed by atoms with Gasteiger partial charge in [-0.05, 0) is 25.5 Å². The fraction of sp³-hybridized carbons (Fsp3) is 0.188. The van der Waals surface area contributed by atoms with E-state index in [0.717, 1.165) is 17.0 Å². The molecule has 0 unspecified atom stereocenters. The summed E-state index contributed by atoms with van der Waals surface area (Å²) in [5.74, 6) is -1.30. The average Bonchev–Trinajstić information content (AvgIpc) is 2.79. The van der Waals surface area contributed by atoms with E-state index in [4.69, 9.17) is 5.26 Å². The number of nitriles is 1. The van der Waals surface area contributed by atoms with Crippen molar-refractivity contribution < 1.29 is 4.79 Å². The Hall–Kier alpha value is -2.87. The van der Waals surface area contributed by atoms with Crippen LogP contribution < -0.4 is 5.43 Å². The Morgan fingerprint density at radius 3 is 2.67 bits per heavy atom. The minimum Gasteiger partial charge on any atom is -0.362 e. The molecule has 5 heteroatoms. The summed E-state index contributed by atoms with van der Waals surface area (Å²) in [6.07, 6.45) is 1.57. The van der Waals surface area contributed by atoms with Crippen LogP contribution in [0.4, 0.5) is 0 Å². The monoisotopic (exact) mass is 280 g/mol. The van der Waals surface area contributed by atoms with E-state index in [9.17, 15) is 4.79 Å². The maximum Gasteiger partial charge on any atom is 0.261 e. The third kappa shape index (κ3) is 3.57. The topological polar surface area (TPSA) is 81.0 Å². The molecule has 0 spiro atoms. The second-order valence-electron chi connectivity index (χ2n) is 4.74. The van der Waals surface area contributed by atoms with Gasteiger partial charge in [0.2, 0.25) is 0 Å². The SMILES string of the molecule is Cc1cc(/C=N\NC(=O)[C@@H](C#N)c2ccccc2)c(C)[nH]1. The van der Waals surface area contributed by atoms with Gasteiger partial charge in [0.05, 0.1) is 12.3 Å². The van der Waals surface area contributed by atoms with Crippen LogP contribution in [-0.2, 0) is 4.79 Å². The fourth-order valence-electron chi connectivity index (χ4n) is 2.04. The van der Waals surface area contributed by atoms with Gasteiger partial charge in [-0.3, -0.25) is 4.79 Å². The number of amides is 1. The summed E-state index contributed by atoms with van der Waals surface area (Å²) in [6.45, 7) is 3.88. The Morgan fingerprint density at radius 1 is 1.38 bits per heavy atom. The highest BCUT2D eigenvalue weighted by Gasteiger charge is 2.19. The van der Waals surface area contributed by atoms with Gasteiger partial charge in [-0.15, -0.1) is 0 Å². The van der Waals surface area contributed by atoms with Crippen molar-refractivity contribution in [1.82, 2.24) is 10.4 Å². The van der Waals surface area contributed by atoms with Gasteiger partial charge in [0.15, 0.2) is 5.92 Å². The molecule has 0 fully saturated rings. The second kappa shape index (κ2) is 6.53. The van der Waals surface area contributed by atoms with Crippen LogP contribution in [0.3, 0.4) is 0 Å². The number of nitrogens with one attached hydrogen (secondary N) is 2. The Labute approximate surface area is 123 Å². The van der Waals surface area contributed by atoms with Crippen molar-refractivity contribution in [3.8, 4) is 6.07 Å². The number of aryl methyl sites for hydroxylation is 2. The molecule has 0 aliphatic heterocycles. The third-order valence-corrected chi connectivity index (χ3v) is 3.09. The molecule has 1 aromatic heterocycles. The Kier molecular flexibility index (Phi) is 4.52. The van der Waals surface area contributed by atoms with Crippen LogP contribution in [0.1, 0.15) is 28.4 Å². The molecule has 2 N–H and O–H groups in total. The quantitative estimate of drug-likeness (QED) is 0.666. The molecule has 0 bridgehead atoms. The molecule has 1 amide bonds. The number of hydrazone groups is 1. The van der Waals surface area contributed by atoms with E-state index >= 15 is 0 Å². The van der Waals surface area contributed by atoms with Crippen molar-refractivity contribution >= 4 is 12.1 Å². The van der Waals surface area contributed by atoms with E-state index in [2.05, 4.69) is 15.5 Å². The normalized spacial score (nSPS) is 12.0. The molecule has 0 saturated carbocycles. The summed E-state index contributed by atoms with van der Waals surface area (Å²) in [5.41, 5.74) is 5.97. The van der Waals surface area contributed by atoms with E-state index < -0.39 is 11.8 Å². The third-order valence-electron chi connectivity index (χ3n) is 3.09. The zero-order valence-electron chi connectivity index (χ0n) is 11.9. The number of hydrogen-bond donors (Lipinski definition) is 2. The highest BCUT2D eigenvalue weighted by atomic mass is 16.2. The lowest BCUT2D eigenvalue weighted by atomic mass is 10.0. The van der Waals surface area contributed by atoms with Gasteiger partial charge < -0.3 is 4.98 Å². The molecule has 0 radical (unpaired) electrons. The first-order chi connectivity index (χ1) is 10.1. The predicted octanol–water partition coefficient (Wildman–Crippen LogP) is 2.39. The smallest absolute Gasteiger partial charge is 0.261 e. The van der Waals surface area contributed by atoms with Gasteiger partial charge >= 0.3 is 0 Å². The second-order valence-corrected chi connectivity index (χ2v) is 4.74. The molecule has 2 rings (SSSR count). The van der Waals surface area contributed by atoms with Crippen LogP contribution in [0, 0.1) is 25.2 Å². The number of carbonyl (C=O) groups is 1. The van der Waals surface area contributed by atoms with E-state index in [1.807, 2.05) is 32.0 Å². The highest BCUT2D eigenvalue weighted by Crippen LogP contribution is 2.14. The van der Waals surface area contributed by atoms with Gasteiger partial charge in [-0.25, -0.2) is 5.43 Å². The van der Waals surface area contributed by atoms with Gasteiger partial charge in [-0.1, -0.05) is 30.3 Å². The molecule has 21 heavy (non-hydrogen) atoms. The molecule has 0 aliphatic carbocycles. The number of aromatic amines is 1. The van der Waals surface area contributed by atoms with Crippen molar-refractivity contribution in [1.29, 1.82) is 5.26 Å². The molecular formula is C16H16N4O. The number of hydrogen-bond acceptors (Lipinski definition) is 3. The number of H-pyrrole nitrogens is 1. The standard InChI is InChI=1S/C16H16N4O/c1-11-8-14(12(2)19-11)10-18-20-16(21)15(9-17)13-6-4-3-5-7-13/h3-8,10,15,19H,1-2H3,(H,20,21)/b18-10-/t15-/m0/s1. The highest BCUT2D eigenvalue weighted by molar-refractivity contribution is 5.88. The maximum absolute atomic E-state index is 12.0. The molecule has 2 aromatic rings. The van der Waals surface area contributed by atoms with Gasteiger partial charge in [0, 0.05) is 17.0 Å². The fourth-order valence-corrected chi connectivity index (χ4v) is 2.04. The lowest BCUT2D eigenvalue weighted by molar-refractivity contribution is -0.121. The van der Waals surface area contributed by atoms with Crippen molar-refractivity contribution in [2.45, 2.75) is 19.8 Å². The van der Waals surface area contributed by atoms with E-state index in [0.29, 0.717) is 5.56 Å². The number of nitrogens with zero attached hydrogens (tertiary/aromatic N) is 2. The molecule has 1 aromatic carbocycles. The van der Waals surface area contributed by atoms with Crippen LogP contribution in [0.25, 0.3) is 0 Å². The summed E-state index contributed by atoms with van der Waals surface area (Å²) < 4.78 is 0. The number of carbonyl (C=O) groups excluding carboxylic acids is 1. The average molecular weight is 280 g/mol. The van der Waals surface area contributed by atoms with Gasteiger partial charge in [0.1, 0.15) is 0 Å². The van der Waals surface area contributed by atoms with Crippen LogP contribution in [0.15, 0.2) is 41.5 Å². The van der Waals surface area contributed by atoms with E-state index in [-0.39, 0.29) is 0 Å². The summed E-state index contributed by atoms with van der Waals surface area (Å²) in [5, 5.41) is 13.1. The van der Waals surface area contributed by atoms with Crippen molar-refractivity contribution in [3.05, 3.63) is 58.9 Å². The first-order valence-corrected chi connectivity index (χ1v) is 6.55. The molecule has 1 heterocycles. The van der Waals surface area contributed by atoms with Gasteiger partial charge in [-0.2, -0.15) is 10.4 Å². The number of rotatable bonds is 4. The first kappa shape index (κ1) is 14.5. The molecule has 1 atom stereocenters. The summed E-state index contributed by atoms with van der Waals surface area (Å²) in [6, 6.07) is 12.8. The minimum atomic E-state index is -0.864. The Balaban J connectivity index is 2.04. The van der Waals surface area contributed by atoms with Crippen LogP contribution in [-0.4, -0.2) is 17.1 Å². The molecular weight excluding hydrogens is 264 g/mol. The minimum absolute atomic E-state index is 0.440. The van der Waals surface area contributed by atoms with Crippen molar-refractivity contribution in [2.24, 2.45) is 5.10 Å². The van der Waals surface area contributed by atoms with E-state index in [1.165, 1.54) is 0 Å². The Morgan fingerprint density at radius 2 is 2.10 bits per heavy atom. The van der Waals surface area contributed by atoms with Crippen LogP contribution >= 0.6 is 0 Å². The van der Waals surface area contributed by atoms with Crippen LogP contribution in [0.2, 0.25) is 0 Å². The molecule has 0 aliphatic rings. The maximum atomic E-state index is 12.0. The summed E-state index contributed by atoms with van der Waals surface area (Å²) >= 11 is 0. The summed E-state index contributed by atoms with van der Waals surface area (Å²) in [4.78, 5) is 15.1. The molecule has 5 nitrogen and oxygen atoms in total. The largest absolute Gasteiger partial charge is 0.362 e. The Bertz CT molecular complexity index is 695. The first-order valence-electron chi connectivity index (χ1n) is 6.55. The lowest BCUT2D eigenvalue weighted by Gasteiger charge is -2.06. The predicted molar refractivity (Wildman–Crippen MR) is 80.8 cm³/mol. The lowest BCUT2D eigenvalue weighted by Crippen LogP contribution is -2.24. The summed E-state index contributed by atoms with van der Waals surface area (Å²) in [7, 11) is 0. The van der Waals surface area contributed by atoms with Gasteiger partial charge in [0.25, 0.3) is 5.91 Å².